The Morgan fingerprint density at radius 2 is 1.90 bits per heavy atom. The maximum atomic E-state index is 12.7. The molecule has 1 aromatic rings. The first-order valence-electron chi connectivity index (χ1n) is 9.40. The lowest BCUT2D eigenvalue weighted by molar-refractivity contribution is -0.139. The Morgan fingerprint density at radius 1 is 1.21 bits per heavy atom. The molecule has 0 radical (unpaired) electrons. The molecular formula is C20H26F2N2O5. The second-order valence-electron chi connectivity index (χ2n) is 6.58. The molecule has 2 rings (SSSR count). The van der Waals surface area contributed by atoms with Gasteiger partial charge in [0, 0.05) is 11.7 Å². The highest BCUT2D eigenvalue weighted by atomic mass is 19.3. The van der Waals surface area contributed by atoms with Crippen molar-refractivity contribution in [3.05, 3.63) is 35.0 Å². The molecule has 0 saturated carbocycles. The van der Waals surface area contributed by atoms with Gasteiger partial charge < -0.3 is 19.5 Å². The third-order valence-electron chi connectivity index (χ3n) is 4.36. The number of hydrogen-bond acceptors (Lipinski definition) is 5. The Hall–Kier alpha value is -2.84. The molecule has 1 aromatic carbocycles. The minimum Gasteiger partial charge on any atom is -0.490 e. The fourth-order valence-corrected chi connectivity index (χ4v) is 3.27. The van der Waals surface area contributed by atoms with E-state index >= 15 is 0 Å². The number of hydrogen-bond donors (Lipinski definition) is 1. The van der Waals surface area contributed by atoms with Gasteiger partial charge >= 0.3 is 18.6 Å². The number of allylic oxidation sites excluding steroid dienone is 1. The van der Waals surface area contributed by atoms with Crippen molar-refractivity contribution in [1.29, 1.82) is 0 Å². The molecule has 0 spiro atoms. The summed E-state index contributed by atoms with van der Waals surface area (Å²) in [5.74, 6) is -0.604. The van der Waals surface area contributed by atoms with Crippen molar-refractivity contribution in [3.8, 4) is 11.5 Å². The van der Waals surface area contributed by atoms with E-state index in [0.717, 1.165) is 0 Å². The Labute approximate surface area is 168 Å². The average molecular weight is 412 g/mol. The number of alkyl halides is 2. The van der Waals surface area contributed by atoms with Gasteiger partial charge in [0.25, 0.3) is 0 Å². The summed E-state index contributed by atoms with van der Waals surface area (Å²) in [7, 11) is 0. The lowest BCUT2D eigenvalue weighted by atomic mass is 9.94. The van der Waals surface area contributed by atoms with E-state index in [2.05, 4.69) is 10.1 Å². The molecule has 1 aliphatic heterocycles. The van der Waals surface area contributed by atoms with E-state index in [1.54, 1.807) is 20.8 Å². The van der Waals surface area contributed by atoms with Crippen LogP contribution < -0.4 is 14.8 Å². The highest BCUT2D eigenvalue weighted by molar-refractivity contribution is 5.95. The summed E-state index contributed by atoms with van der Waals surface area (Å²) in [4.78, 5) is 26.8. The van der Waals surface area contributed by atoms with Crippen LogP contribution in [0.4, 0.5) is 13.6 Å². The molecule has 2 amide bonds. The van der Waals surface area contributed by atoms with Gasteiger partial charge in [-0.3, -0.25) is 4.90 Å². The van der Waals surface area contributed by atoms with Crippen LogP contribution in [-0.4, -0.2) is 42.8 Å². The number of carbonyl (C=O) groups excluding carboxylic acids is 2. The van der Waals surface area contributed by atoms with Gasteiger partial charge in [0.15, 0.2) is 11.5 Å². The first-order valence-corrected chi connectivity index (χ1v) is 9.40. The zero-order chi connectivity index (χ0) is 21.7. The molecular weight excluding hydrogens is 386 g/mol. The van der Waals surface area contributed by atoms with Gasteiger partial charge in [-0.15, -0.1) is 0 Å². The van der Waals surface area contributed by atoms with Gasteiger partial charge in [0.05, 0.1) is 24.8 Å². The van der Waals surface area contributed by atoms with Gasteiger partial charge in [-0.2, -0.15) is 8.78 Å². The fourth-order valence-electron chi connectivity index (χ4n) is 3.27. The zero-order valence-corrected chi connectivity index (χ0v) is 17.1. The molecule has 0 unspecified atom stereocenters. The molecule has 0 saturated heterocycles. The molecule has 7 nitrogen and oxygen atoms in total. The normalized spacial score (nSPS) is 16.9. The van der Waals surface area contributed by atoms with E-state index in [9.17, 15) is 18.4 Å². The van der Waals surface area contributed by atoms with Crippen molar-refractivity contribution in [2.24, 2.45) is 0 Å². The van der Waals surface area contributed by atoms with Crippen molar-refractivity contribution in [2.75, 3.05) is 13.2 Å². The van der Waals surface area contributed by atoms with Crippen LogP contribution in [0.1, 0.15) is 46.2 Å². The Morgan fingerprint density at radius 3 is 2.45 bits per heavy atom. The monoisotopic (exact) mass is 412 g/mol. The SMILES string of the molecule is CCOC(=O)C1=C(C)N(C(C)C)C(=O)N[C@@H]1c1ccc(OC(F)F)c(OCC)c1. The number of nitrogens with one attached hydrogen (secondary N) is 1. The summed E-state index contributed by atoms with van der Waals surface area (Å²) < 4.78 is 40.4. The first kappa shape index (κ1) is 22.4. The lowest BCUT2D eigenvalue weighted by Gasteiger charge is -2.37. The van der Waals surface area contributed by atoms with Crippen molar-refractivity contribution >= 4 is 12.0 Å². The maximum absolute atomic E-state index is 12.7. The van der Waals surface area contributed by atoms with E-state index in [4.69, 9.17) is 9.47 Å². The maximum Gasteiger partial charge on any atom is 0.387 e. The molecule has 1 aliphatic rings. The van der Waals surface area contributed by atoms with E-state index in [1.165, 1.54) is 23.1 Å². The number of ether oxygens (including phenoxy) is 3. The minimum absolute atomic E-state index is 0.0895. The largest absolute Gasteiger partial charge is 0.490 e. The van der Waals surface area contributed by atoms with Crippen LogP contribution in [0, 0.1) is 0 Å². The van der Waals surface area contributed by atoms with Crippen LogP contribution in [0.15, 0.2) is 29.5 Å². The number of urea groups is 1. The number of halogens is 2. The molecule has 0 aromatic heterocycles. The van der Waals surface area contributed by atoms with Crippen LogP contribution in [0.5, 0.6) is 11.5 Å². The summed E-state index contributed by atoms with van der Waals surface area (Å²) in [6, 6.07) is 2.93. The van der Waals surface area contributed by atoms with E-state index < -0.39 is 18.6 Å². The molecule has 1 N–H and O–H groups in total. The number of amides is 2. The number of rotatable bonds is 8. The molecule has 1 atom stereocenters. The second kappa shape index (κ2) is 9.58. The lowest BCUT2D eigenvalue weighted by Crippen LogP contribution is -2.50. The highest BCUT2D eigenvalue weighted by Crippen LogP contribution is 2.37. The molecule has 9 heteroatoms. The van der Waals surface area contributed by atoms with Crippen LogP contribution >= 0.6 is 0 Å². The third-order valence-corrected chi connectivity index (χ3v) is 4.36. The Bertz CT molecular complexity index is 795. The van der Waals surface area contributed by atoms with Crippen LogP contribution in [-0.2, 0) is 9.53 Å². The van der Waals surface area contributed by atoms with E-state index in [-0.39, 0.29) is 42.4 Å². The quantitative estimate of drug-likeness (QED) is 0.653. The summed E-state index contributed by atoms with van der Waals surface area (Å²) in [5.41, 5.74) is 1.22. The number of carbonyl (C=O) groups is 2. The second-order valence-corrected chi connectivity index (χ2v) is 6.58. The van der Waals surface area contributed by atoms with Gasteiger partial charge in [-0.05, 0) is 52.3 Å². The molecule has 29 heavy (non-hydrogen) atoms. The van der Waals surface area contributed by atoms with Crippen molar-refractivity contribution in [1.82, 2.24) is 10.2 Å². The third kappa shape index (κ3) is 4.96. The van der Waals surface area contributed by atoms with E-state index in [0.29, 0.717) is 11.3 Å². The van der Waals surface area contributed by atoms with Crippen molar-refractivity contribution in [2.45, 2.75) is 53.3 Å². The van der Waals surface area contributed by atoms with Gasteiger partial charge in [-0.25, -0.2) is 9.59 Å². The average Bonchev–Trinajstić information content (AvgIpc) is 2.62. The molecule has 0 fully saturated rings. The van der Waals surface area contributed by atoms with Crippen LogP contribution in [0.3, 0.4) is 0 Å². The Balaban J connectivity index is 2.56. The van der Waals surface area contributed by atoms with Crippen molar-refractivity contribution in [3.63, 3.8) is 0 Å². The number of nitrogens with zero attached hydrogens (tertiary/aromatic N) is 1. The predicted octanol–water partition coefficient (Wildman–Crippen LogP) is 4.00. The fraction of sp³-hybridized carbons (Fsp3) is 0.500. The minimum atomic E-state index is -3.01. The van der Waals surface area contributed by atoms with Crippen LogP contribution in [0.2, 0.25) is 0 Å². The predicted molar refractivity (Wildman–Crippen MR) is 102 cm³/mol. The molecule has 160 valence electrons. The van der Waals surface area contributed by atoms with E-state index in [1.807, 2.05) is 13.8 Å². The topological polar surface area (TPSA) is 77.1 Å². The standard InChI is InChI=1S/C20H26F2N2O5/c1-6-27-15-10-13(8-9-14(15)29-19(21)22)17-16(18(25)28-7-2)12(5)24(11(3)4)20(26)23-17/h8-11,17,19H,6-7H2,1-5H3,(H,23,26)/t17-/m1/s1. The first-order chi connectivity index (χ1) is 13.7. The van der Waals surface area contributed by atoms with Gasteiger partial charge in [-0.1, -0.05) is 6.07 Å². The summed E-state index contributed by atoms with van der Waals surface area (Å²) in [6.07, 6.45) is 0. The molecule has 1 heterocycles. The molecule has 0 aliphatic carbocycles. The number of esters is 1. The summed E-state index contributed by atoms with van der Waals surface area (Å²) in [6.45, 7) is 6.11. The van der Waals surface area contributed by atoms with Gasteiger partial charge in [0.1, 0.15) is 0 Å². The highest BCUT2D eigenvalue weighted by Gasteiger charge is 2.37. The van der Waals surface area contributed by atoms with Gasteiger partial charge in [0.2, 0.25) is 0 Å². The van der Waals surface area contributed by atoms with Crippen molar-refractivity contribution < 1.29 is 32.6 Å². The zero-order valence-electron chi connectivity index (χ0n) is 17.1. The molecule has 0 bridgehead atoms. The van der Waals surface area contributed by atoms with Crippen LogP contribution in [0.25, 0.3) is 0 Å². The summed E-state index contributed by atoms with van der Waals surface area (Å²) >= 11 is 0. The number of benzene rings is 1. The smallest absolute Gasteiger partial charge is 0.387 e. The summed E-state index contributed by atoms with van der Waals surface area (Å²) in [5, 5.41) is 2.80. The Kier molecular flexibility index (Phi) is 7.41.